The number of fused-ring (bicyclic) bond motifs is 1. The number of aromatic amines is 1. The Hall–Kier alpha value is -1.43. The lowest BCUT2D eigenvalue weighted by Crippen LogP contribution is -2.30. The molecule has 1 aromatic carbocycles. The average molecular weight is 319 g/mol. The van der Waals surface area contributed by atoms with E-state index in [0.717, 1.165) is 32.0 Å². The molecule has 116 valence electrons. The maximum atomic E-state index is 12.2. The first-order chi connectivity index (χ1) is 10.6. The fraction of sp³-hybridized carbons (Fsp3) is 0.500. The zero-order valence-corrected chi connectivity index (χ0v) is 13.1. The summed E-state index contributed by atoms with van der Waals surface area (Å²) in [5.41, 5.74) is 1.03. The normalized spacial score (nSPS) is 25.5. The van der Waals surface area contributed by atoms with E-state index in [9.17, 15) is 4.79 Å². The van der Waals surface area contributed by atoms with Crippen LogP contribution in [0.25, 0.3) is 10.9 Å². The Kier molecular flexibility index (Phi) is 3.44. The van der Waals surface area contributed by atoms with E-state index < -0.39 is 0 Å². The molecule has 2 aromatic rings. The minimum absolute atomic E-state index is 0.112. The molecule has 2 saturated heterocycles. The standard InChI is InChI=1S/C16H19ClN4O/c17-11-1-2-13-12(7-11)15(22)20-14(19-13)8-21-6-4-16(10-21)3-5-18-9-16/h1-2,7,18H,3-6,8-10H2,(H,19,20,22). The highest BCUT2D eigenvalue weighted by Crippen LogP contribution is 2.36. The van der Waals surface area contributed by atoms with E-state index in [4.69, 9.17) is 11.6 Å². The van der Waals surface area contributed by atoms with Gasteiger partial charge in [0.05, 0.1) is 17.4 Å². The summed E-state index contributed by atoms with van der Waals surface area (Å²) in [5.74, 6) is 0.739. The minimum atomic E-state index is -0.112. The van der Waals surface area contributed by atoms with E-state index in [-0.39, 0.29) is 5.56 Å². The van der Waals surface area contributed by atoms with Gasteiger partial charge in [-0.05, 0) is 49.5 Å². The van der Waals surface area contributed by atoms with Crippen LogP contribution in [0.15, 0.2) is 23.0 Å². The van der Waals surface area contributed by atoms with Gasteiger partial charge in [0.25, 0.3) is 5.56 Å². The first-order valence-corrected chi connectivity index (χ1v) is 8.13. The zero-order valence-electron chi connectivity index (χ0n) is 12.4. The molecule has 0 bridgehead atoms. The monoisotopic (exact) mass is 318 g/mol. The molecule has 6 heteroatoms. The number of H-pyrrole nitrogens is 1. The molecule has 22 heavy (non-hydrogen) atoms. The summed E-state index contributed by atoms with van der Waals surface area (Å²) in [5, 5.41) is 4.57. The molecule has 0 amide bonds. The summed E-state index contributed by atoms with van der Waals surface area (Å²) in [6.07, 6.45) is 2.48. The van der Waals surface area contributed by atoms with Crippen molar-refractivity contribution in [1.82, 2.24) is 20.2 Å². The van der Waals surface area contributed by atoms with Crippen molar-refractivity contribution in [2.24, 2.45) is 5.41 Å². The number of nitrogens with one attached hydrogen (secondary N) is 2. The van der Waals surface area contributed by atoms with Crippen LogP contribution in [0.2, 0.25) is 5.02 Å². The van der Waals surface area contributed by atoms with Crippen LogP contribution in [0, 0.1) is 5.41 Å². The minimum Gasteiger partial charge on any atom is -0.316 e. The van der Waals surface area contributed by atoms with E-state index >= 15 is 0 Å². The zero-order chi connectivity index (χ0) is 15.2. The van der Waals surface area contributed by atoms with E-state index in [1.165, 1.54) is 12.8 Å². The molecule has 1 spiro atoms. The van der Waals surface area contributed by atoms with Crippen molar-refractivity contribution < 1.29 is 0 Å². The Morgan fingerprint density at radius 3 is 3.09 bits per heavy atom. The third-order valence-corrected chi connectivity index (χ3v) is 5.17. The maximum Gasteiger partial charge on any atom is 0.258 e. The maximum absolute atomic E-state index is 12.2. The average Bonchev–Trinajstić information content (AvgIpc) is 3.11. The molecule has 4 rings (SSSR count). The van der Waals surface area contributed by atoms with Crippen LogP contribution in [0.3, 0.4) is 0 Å². The van der Waals surface area contributed by atoms with Crippen LogP contribution >= 0.6 is 11.6 Å². The second-order valence-electron chi connectivity index (χ2n) is 6.56. The molecule has 0 aliphatic carbocycles. The molecule has 1 unspecified atom stereocenters. The first kappa shape index (κ1) is 14.2. The Labute approximate surface area is 133 Å². The molecule has 1 aromatic heterocycles. The van der Waals surface area contributed by atoms with Gasteiger partial charge in [0.1, 0.15) is 5.82 Å². The van der Waals surface area contributed by atoms with Crippen LogP contribution in [-0.2, 0) is 6.54 Å². The predicted octanol–water partition coefficient (Wildman–Crippen LogP) is 1.76. The van der Waals surface area contributed by atoms with Crippen LogP contribution in [0.1, 0.15) is 18.7 Å². The lowest BCUT2D eigenvalue weighted by atomic mass is 9.87. The lowest BCUT2D eigenvalue weighted by molar-refractivity contribution is 0.264. The predicted molar refractivity (Wildman–Crippen MR) is 87.2 cm³/mol. The molecule has 0 radical (unpaired) electrons. The number of rotatable bonds is 2. The number of halogens is 1. The van der Waals surface area contributed by atoms with Crippen LogP contribution in [-0.4, -0.2) is 41.0 Å². The van der Waals surface area contributed by atoms with Crippen LogP contribution in [0.5, 0.6) is 0 Å². The van der Waals surface area contributed by atoms with Gasteiger partial charge in [0.2, 0.25) is 0 Å². The van der Waals surface area contributed by atoms with Gasteiger partial charge in [-0.15, -0.1) is 0 Å². The summed E-state index contributed by atoms with van der Waals surface area (Å²) in [6.45, 7) is 5.10. The van der Waals surface area contributed by atoms with Crippen molar-refractivity contribution in [2.45, 2.75) is 19.4 Å². The smallest absolute Gasteiger partial charge is 0.258 e. The van der Waals surface area contributed by atoms with Gasteiger partial charge in [0.15, 0.2) is 0 Å². The molecular weight excluding hydrogens is 300 g/mol. The lowest BCUT2D eigenvalue weighted by Gasteiger charge is -2.22. The van der Waals surface area contributed by atoms with Gasteiger partial charge in [-0.25, -0.2) is 4.98 Å². The second-order valence-corrected chi connectivity index (χ2v) is 7.00. The van der Waals surface area contributed by atoms with E-state index in [1.54, 1.807) is 12.1 Å². The van der Waals surface area contributed by atoms with Crippen molar-refractivity contribution in [3.63, 3.8) is 0 Å². The molecule has 2 N–H and O–H groups in total. The molecule has 0 saturated carbocycles. The molecular formula is C16H19ClN4O. The quantitative estimate of drug-likeness (QED) is 0.886. The topological polar surface area (TPSA) is 61.0 Å². The van der Waals surface area contributed by atoms with E-state index in [1.807, 2.05) is 6.07 Å². The van der Waals surface area contributed by atoms with Crippen molar-refractivity contribution in [1.29, 1.82) is 0 Å². The largest absolute Gasteiger partial charge is 0.316 e. The highest BCUT2D eigenvalue weighted by atomic mass is 35.5. The summed E-state index contributed by atoms with van der Waals surface area (Å²) in [4.78, 5) is 22.1. The number of benzene rings is 1. The van der Waals surface area contributed by atoms with Gasteiger partial charge in [-0.1, -0.05) is 11.6 Å². The number of hydrogen-bond acceptors (Lipinski definition) is 4. The highest BCUT2D eigenvalue weighted by molar-refractivity contribution is 6.31. The number of aromatic nitrogens is 2. The SMILES string of the molecule is O=c1[nH]c(CN2CCC3(CCNC3)C2)nc2ccc(Cl)cc12. The number of nitrogens with zero attached hydrogens (tertiary/aromatic N) is 2. The van der Waals surface area contributed by atoms with Gasteiger partial charge in [-0.3, -0.25) is 9.69 Å². The Balaban J connectivity index is 1.57. The number of likely N-dealkylation sites (tertiary alicyclic amines) is 1. The van der Waals surface area contributed by atoms with Gasteiger partial charge < -0.3 is 10.3 Å². The third kappa shape index (κ3) is 2.53. The molecule has 2 aliphatic heterocycles. The van der Waals surface area contributed by atoms with Crippen molar-refractivity contribution >= 4 is 22.5 Å². The first-order valence-electron chi connectivity index (χ1n) is 7.75. The number of hydrogen-bond donors (Lipinski definition) is 2. The molecule has 2 fully saturated rings. The molecule has 1 atom stereocenters. The fourth-order valence-corrected chi connectivity index (χ4v) is 3.92. The van der Waals surface area contributed by atoms with Crippen LogP contribution in [0.4, 0.5) is 0 Å². The highest BCUT2D eigenvalue weighted by Gasteiger charge is 2.40. The summed E-state index contributed by atoms with van der Waals surface area (Å²) in [7, 11) is 0. The summed E-state index contributed by atoms with van der Waals surface area (Å²) >= 11 is 5.94. The fourth-order valence-electron chi connectivity index (χ4n) is 3.75. The van der Waals surface area contributed by atoms with Gasteiger partial charge >= 0.3 is 0 Å². The van der Waals surface area contributed by atoms with Crippen molar-refractivity contribution in [2.75, 3.05) is 26.2 Å². The van der Waals surface area contributed by atoms with E-state index in [2.05, 4.69) is 20.2 Å². The van der Waals surface area contributed by atoms with Gasteiger partial charge in [0, 0.05) is 18.1 Å². The molecule has 2 aliphatic rings. The van der Waals surface area contributed by atoms with Crippen LogP contribution < -0.4 is 10.9 Å². The van der Waals surface area contributed by atoms with Gasteiger partial charge in [-0.2, -0.15) is 0 Å². The molecule has 3 heterocycles. The third-order valence-electron chi connectivity index (χ3n) is 4.94. The van der Waals surface area contributed by atoms with Crippen molar-refractivity contribution in [3.8, 4) is 0 Å². The Morgan fingerprint density at radius 2 is 2.27 bits per heavy atom. The Morgan fingerprint density at radius 1 is 1.36 bits per heavy atom. The van der Waals surface area contributed by atoms with Crippen molar-refractivity contribution in [3.05, 3.63) is 39.4 Å². The summed E-state index contributed by atoms with van der Waals surface area (Å²) in [6, 6.07) is 5.25. The Bertz CT molecular complexity index is 766. The molecule has 5 nitrogen and oxygen atoms in total. The summed E-state index contributed by atoms with van der Waals surface area (Å²) < 4.78 is 0. The second kappa shape index (κ2) is 5.33. The van der Waals surface area contributed by atoms with E-state index in [0.29, 0.717) is 27.9 Å².